The van der Waals surface area contributed by atoms with Crippen LogP contribution in [0.5, 0.6) is 11.5 Å². The van der Waals surface area contributed by atoms with Gasteiger partial charge in [0.2, 0.25) is 11.8 Å². The number of methoxy groups -OCH3 is 2. The highest BCUT2D eigenvalue weighted by Crippen LogP contribution is 2.26. The molecule has 7 heteroatoms. The van der Waals surface area contributed by atoms with Crippen molar-refractivity contribution in [2.75, 3.05) is 30.6 Å². The molecule has 0 saturated heterocycles. The van der Waals surface area contributed by atoms with E-state index < -0.39 is 0 Å². The first-order valence-electron chi connectivity index (χ1n) is 7.53. The highest BCUT2D eigenvalue weighted by molar-refractivity contribution is 8.00. The molecule has 0 aromatic heterocycles. The summed E-state index contributed by atoms with van der Waals surface area (Å²) in [6.07, 6.45) is 0. The Hall–Kier alpha value is -2.67. The van der Waals surface area contributed by atoms with E-state index in [0.29, 0.717) is 17.2 Å². The van der Waals surface area contributed by atoms with Crippen molar-refractivity contribution < 1.29 is 19.1 Å². The van der Waals surface area contributed by atoms with Crippen molar-refractivity contribution in [3.63, 3.8) is 0 Å². The van der Waals surface area contributed by atoms with Crippen LogP contribution in [-0.4, -0.2) is 31.8 Å². The number of nitrogens with one attached hydrogen (secondary N) is 2. The molecule has 2 aromatic rings. The lowest BCUT2D eigenvalue weighted by molar-refractivity contribution is -0.114. The normalized spacial score (nSPS) is 10.0. The van der Waals surface area contributed by atoms with Crippen LogP contribution in [0, 0.1) is 0 Å². The molecular weight excluding hydrogens is 340 g/mol. The Morgan fingerprint density at radius 3 is 2.04 bits per heavy atom. The van der Waals surface area contributed by atoms with E-state index in [-0.39, 0.29) is 17.6 Å². The van der Waals surface area contributed by atoms with Crippen molar-refractivity contribution in [3.8, 4) is 11.5 Å². The third-order valence-electron chi connectivity index (χ3n) is 3.18. The van der Waals surface area contributed by atoms with Gasteiger partial charge >= 0.3 is 0 Å². The summed E-state index contributed by atoms with van der Waals surface area (Å²) >= 11 is 1.41. The second-order valence-electron chi connectivity index (χ2n) is 5.14. The van der Waals surface area contributed by atoms with Gasteiger partial charge in [-0.3, -0.25) is 9.59 Å². The molecule has 132 valence electrons. The zero-order chi connectivity index (χ0) is 18.2. The fourth-order valence-electron chi connectivity index (χ4n) is 2.06. The monoisotopic (exact) mass is 360 g/mol. The van der Waals surface area contributed by atoms with Gasteiger partial charge in [-0.25, -0.2) is 0 Å². The number of anilines is 2. The maximum absolute atomic E-state index is 12.1. The molecule has 0 spiro atoms. The van der Waals surface area contributed by atoms with Crippen LogP contribution in [-0.2, 0) is 9.59 Å². The molecule has 0 saturated carbocycles. The number of benzene rings is 2. The lowest BCUT2D eigenvalue weighted by Crippen LogP contribution is -2.14. The lowest BCUT2D eigenvalue weighted by Gasteiger charge is -2.10. The number of rotatable bonds is 7. The van der Waals surface area contributed by atoms with Gasteiger partial charge in [0, 0.05) is 41.4 Å². The topological polar surface area (TPSA) is 76.7 Å². The zero-order valence-electron chi connectivity index (χ0n) is 14.3. The van der Waals surface area contributed by atoms with Gasteiger partial charge in [0.25, 0.3) is 0 Å². The molecule has 2 N–H and O–H groups in total. The summed E-state index contributed by atoms with van der Waals surface area (Å²) in [4.78, 5) is 24.1. The maximum Gasteiger partial charge on any atom is 0.234 e. The van der Waals surface area contributed by atoms with Crippen LogP contribution in [0.4, 0.5) is 11.4 Å². The first kappa shape index (κ1) is 18.7. The molecule has 0 radical (unpaired) electrons. The van der Waals surface area contributed by atoms with E-state index in [1.165, 1.54) is 18.7 Å². The van der Waals surface area contributed by atoms with Gasteiger partial charge in [-0.05, 0) is 24.3 Å². The second-order valence-corrected chi connectivity index (χ2v) is 6.19. The average Bonchev–Trinajstić information content (AvgIpc) is 2.60. The summed E-state index contributed by atoms with van der Waals surface area (Å²) < 4.78 is 10.4. The number of carbonyl (C=O) groups is 2. The van der Waals surface area contributed by atoms with Gasteiger partial charge < -0.3 is 20.1 Å². The predicted octanol–water partition coefficient (Wildman–Crippen LogP) is 3.39. The van der Waals surface area contributed by atoms with Crippen LogP contribution in [0.2, 0.25) is 0 Å². The largest absolute Gasteiger partial charge is 0.497 e. The minimum absolute atomic E-state index is 0.117. The smallest absolute Gasteiger partial charge is 0.234 e. The summed E-state index contributed by atoms with van der Waals surface area (Å²) in [6.45, 7) is 1.46. The summed E-state index contributed by atoms with van der Waals surface area (Å²) in [5.41, 5.74) is 1.34. The Kier molecular flexibility index (Phi) is 6.71. The van der Waals surface area contributed by atoms with E-state index in [2.05, 4.69) is 10.6 Å². The molecule has 0 unspecified atom stereocenters. The van der Waals surface area contributed by atoms with Crippen molar-refractivity contribution in [1.29, 1.82) is 0 Å². The number of thioether (sulfide) groups is 1. The molecule has 0 aliphatic rings. The molecule has 0 heterocycles. The predicted molar refractivity (Wildman–Crippen MR) is 99.6 cm³/mol. The zero-order valence-corrected chi connectivity index (χ0v) is 15.1. The van der Waals surface area contributed by atoms with Crippen LogP contribution < -0.4 is 20.1 Å². The van der Waals surface area contributed by atoms with Crippen molar-refractivity contribution in [2.45, 2.75) is 11.8 Å². The van der Waals surface area contributed by atoms with E-state index in [1.54, 1.807) is 44.6 Å². The molecule has 0 aliphatic carbocycles. The number of ether oxygens (including phenoxy) is 2. The average molecular weight is 360 g/mol. The maximum atomic E-state index is 12.1. The fourth-order valence-corrected chi connectivity index (χ4v) is 2.76. The van der Waals surface area contributed by atoms with Crippen LogP contribution in [0.1, 0.15) is 6.92 Å². The SMILES string of the molecule is COc1cc(NC(=O)CSc2ccc(NC(C)=O)cc2)cc(OC)c1. The van der Waals surface area contributed by atoms with E-state index >= 15 is 0 Å². The Balaban J connectivity index is 1.91. The van der Waals surface area contributed by atoms with E-state index in [0.717, 1.165) is 10.6 Å². The highest BCUT2D eigenvalue weighted by Gasteiger charge is 2.07. The van der Waals surface area contributed by atoms with Crippen LogP contribution in [0.3, 0.4) is 0 Å². The molecule has 0 bridgehead atoms. The van der Waals surface area contributed by atoms with Crippen molar-refractivity contribution in [1.82, 2.24) is 0 Å². The van der Waals surface area contributed by atoms with Crippen LogP contribution in [0.15, 0.2) is 47.4 Å². The number of carbonyl (C=O) groups excluding carboxylic acids is 2. The quantitative estimate of drug-likeness (QED) is 0.740. The second kappa shape index (κ2) is 8.98. The number of hydrogen-bond acceptors (Lipinski definition) is 5. The van der Waals surface area contributed by atoms with Crippen molar-refractivity contribution in [3.05, 3.63) is 42.5 Å². The van der Waals surface area contributed by atoms with Gasteiger partial charge in [-0.15, -0.1) is 11.8 Å². The molecule has 0 aliphatic heterocycles. The van der Waals surface area contributed by atoms with Crippen LogP contribution >= 0.6 is 11.8 Å². The van der Waals surface area contributed by atoms with Gasteiger partial charge in [-0.1, -0.05) is 0 Å². The third kappa shape index (κ3) is 6.04. The van der Waals surface area contributed by atoms with Gasteiger partial charge in [0.15, 0.2) is 0 Å². The molecule has 2 amide bonds. The minimum atomic E-state index is -0.133. The van der Waals surface area contributed by atoms with E-state index in [4.69, 9.17) is 9.47 Å². The molecular formula is C18H20N2O4S. The summed E-state index contributed by atoms with van der Waals surface area (Å²) in [5, 5.41) is 5.52. The van der Waals surface area contributed by atoms with Gasteiger partial charge in [0.1, 0.15) is 11.5 Å². The molecule has 0 fully saturated rings. The van der Waals surface area contributed by atoms with Gasteiger partial charge in [0.05, 0.1) is 20.0 Å². The Labute approximate surface area is 150 Å². The minimum Gasteiger partial charge on any atom is -0.497 e. The number of amides is 2. The third-order valence-corrected chi connectivity index (χ3v) is 4.19. The lowest BCUT2D eigenvalue weighted by atomic mass is 10.2. The first-order chi connectivity index (χ1) is 12.0. The summed E-state index contributed by atoms with van der Waals surface area (Å²) in [5.74, 6) is 1.23. The van der Waals surface area contributed by atoms with Gasteiger partial charge in [-0.2, -0.15) is 0 Å². The summed E-state index contributed by atoms with van der Waals surface area (Å²) in [7, 11) is 3.11. The van der Waals surface area contributed by atoms with Crippen LogP contribution in [0.25, 0.3) is 0 Å². The van der Waals surface area contributed by atoms with E-state index in [1.807, 2.05) is 12.1 Å². The molecule has 6 nitrogen and oxygen atoms in total. The van der Waals surface area contributed by atoms with Crippen molar-refractivity contribution >= 4 is 35.0 Å². The first-order valence-corrected chi connectivity index (χ1v) is 8.52. The molecule has 25 heavy (non-hydrogen) atoms. The fraction of sp³-hybridized carbons (Fsp3) is 0.222. The number of hydrogen-bond donors (Lipinski definition) is 2. The molecule has 2 rings (SSSR count). The summed E-state index contributed by atoms with van der Waals surface area (Å²) in [6, 6.07) is 12.5. The Morgan fingerprint density at radius 2 is 1.52 bits per heavy atom. The van der Waals surface area contributed by atoms with E-state index in [9.17, 15) is 9.59 Å². The Morgan fingerprint density at radius 1 is 0.920 bits per heavy atom. The Bertz CT molecular complexity index is 725. The molecule has 2 aromatic carbocycles. The standard InChI is InChI=1S/C18H20N2O4S/c1-12(21)19-13-4-6-17(7-5-13)25-11-18(22)20-14-8-15(23-2)10-16(9-14)24-3/h4-10H,11H2,1-3H3,(H,19,21)(H,20,22). The highest BCUT2D eigenvalue weighted by atomic mass is 32.2. The molecule has 0 atom stereocenters. The van der Waals surface area contributed by atoms with Crippen molar-refractivity contribution in [2.24, 2.45) is 0 Å².